The van der Waals surface area contributed by atoms with Crippen LogP contribution in [-0.4, -0.2) is 25.7 Å². The highest BCUT2D eigenvalue weighted by molar-refractivity contribution is 7.98. The molecular formula is C27H25FN5OS2+. The minimum Gasteiger partial charge on any atom is -0.326 e. The van der Waals surface area contributed by atoms with E-state index in [0.717, 1.165) is 41.8 Å². The maximum atomic E-state index is 14.2. The van der Waals surface area contributed by atoms with Gasteiger partial charge in [-0.3, -0.25) is 9.36 Å². The zero-order chi connectivity index (χ0) is 24.6. The van der Waals surface area contributed by atoms with Gasteiger partial charge in [-0.25, -0.2) is 8.79 Å². The molecule has 182 valence electrons. The van der Waals surface area contributed by atoms with Crippen molar-refractivity contribution in [3.8, 4) is 0 Å². The minimum absolute atomic E-state index is 0.0422. The highest BCUT2D eigenvalue weighted by atomic mass is 32.2. The normalized spacial score (nSPS) is 15.4. The molecule has 0 amide bonds. The van der Waals surface area contributed by atoms with E-state index in [0.29, 0.717) is 28.8 Å². The lowest BCUT2D eigenvalue weighted by Crippen LogP contribution is -3.10. The van der Waals surface area contributed by atoms with Crippen molar-refractivity contribution >= 4 is 39.1 Å². The van der Waals surface area contributed by atoms with Crippen LogP contribution in [0.2, 0.25) is 0 Å². The number of nitrogens with zero attached hydrogens (tertiary/aromatic N) is 4. The number of hydrogen-bond acceptors (Lipinski definition) is 5. The van der Waals surface area contributed by atoms with Gasteiger partial charge >= 0.3 is 0 Å². The summed E-state index contributed by atoms with van der Waals surface area (Å²) >= 11 is 3.09. The molecule has 0 saturated heterocycles. The van der Waals surface area contributed by atoms with Crippen LogP contribution < -0.4 is 10.5 Å². The number of hydrogen-bond donors (Lipinski definition) is 1. The van der Waals surface area contributed by atoms with Gasteiger partial charge in [-0.05, 0) is 17.2 Å². The number of halogens is 1. The largest absolute Gasteiger partial charge is 0.326 e. The number of rotatable bonds is 7. The van der Waals surface area contributed by atoms with E-state index in [1.165, 1.54) is 33.2 Å². The molecule has 5 aromatic rings. The van der Waals surface area contributed by atoms with E-state index in [2.05, 4.69) is 41.0 Å². The van der Waals surface area contributed by atoms with Crippen molar-refractivity contribution in [2.24, 2.45) is 0 Å². The van der Waals surface area contributed by atoms with Crippen LogP contribution in [0, 0.1) is 5.82 Å². The number of benzene rings is 2. The van der Waals surface area contributed by atoms with E-state index in [-0.39, 0.29) is 11.4 Å². The first kappa shape index (κ1) is 23.1. The Bertz CT molecular complexity index is 1640. The third-order valence-electron chi connectivity index (χ3n) is 6.65. The molecule has 1 aliphatic heterocycles. The summed E-state index contributed by atoms with van der Waals surface area (Å²) in [6.45, 7) is 7.00. The first-order chi connectivity index (χ1) is 17.6. The second-order valence-electron chi connectivity index (χ2n) is 8.98. The molecule has 36 heavy (non-hydrogen) atoms. The Kier molecular flexibility index (Phi) is 6.20. The summed E-state index contributed by atoms with van der Waals surface area (Å²) in [5.74, 6) is 0.687. The average molecular weight is 519 g/mol. The number of thiophene rings is 1. The summed E-state index contributed by atoms with van der Waals surface area (Å²) in [7, 11) is 0. The highest BCUT2D eigenvalue weighted by Gasteiger charge is 2.29. The smallest absolute Gasteiger partial charge is 0.264 e. The van der Waals surface area contributed by atoms with Crippen LogP contribution in [0.1, 0.15) is 21.6 Å². The number of fused-ring (bicyclic) bond motifs is 5. The molecule has 6 rings (SSSR count). The Balaban J connectivity index is 1.43. The van der Waals surface area contributed by atoms with Crippen molar-refractivity contribution in [1.82, 2.24) is 19.2 Å². The van der Waals surface area contributed by atoms with Gasteiger partial charge in [-0.2, -0.15) is 0 Å². The second-order valence-corrected chi connectivity index (χ2v) is 11.0. The minimum atomic E-state index is -0.236. The molecule has 0 aliphatic carbocycles. The summed E-state index contributed by atoms with van der Waals surface area (Å²) in [5.41, 5.74) is 3.04. The quantitative estimate of drug-likeness (QED) is 0.263. The molecule has 9 heteroatoms. The van der Waals surface area contributed by atoms with E-state index in [4.69, 9.17) is 0 Å². The first-order valence-electron chi connectivity index (χ1n) is 11.9. The molecule has 0 radical (unpaired) electrons. The lowest BCUT2D eigenvalue weighted by Gasteiger charge is -2.23. The van der Waals surface area contributed by atoms with Crippen LogP contribution in [0.3, 0.4) is 0 Å². The molecule has 1 atom stereocenters. The molecule has 0 spiro atoms. The van der Waals surface area contributed by atoms with Crippen LogP contribution in [0.25, 0.3) is 16.0 Å². The van der Waals surface area contributed by atoms with Crippen molar-refractivity contribution in [1.29, 1.82) is 0 Å². The van der Waals surface area contributed by atoms with E-state index in [9.17, 15) is 9.18 Å². The summed E-state index contributed by atoms with van der Waals surface area (Å²) in [5, 5.41) is 10.2. The summed E-state index contributed by atoms with van der Waals surface area (Å²) in [6, 6.07) is 17.3. The Morgan fingerprint density at radius 2 is 1.94 bits per heavy atom. The molecule has 0 saturated carbocycles. The predicted octanol–water partition coefficient (Wildman–Crippen LogP) is 3.86. The van der Waals surface area contributed by atoms with Gasteiger partial charge in [0, 0.05) is 24.3 Å². The summed E-state index contributed by atoms with van der Waals surface area (Å²) in [6.07, 6.45) is 2.56. The van der Waals surface area contributed by atoms with E-state index < -0.39 is 0 Å². The number of allylic oxidation sites excluding steroid dienone is 1. The predicted molar refractivity (Wildman–Crippen MR) is 142 cm³/mol. The number of quaternary nitrogens is 1. The standard InChI is InChI=1S/C27H24FN5OS2/c1-2-13-32-24(34)23-20-12-14-31(15-18-8-4-3-5-9-18)16-22(20)36-25(23)33-26(32)29-30-27(33)35-17-19-10-6-7-11-21(19)28/h2-11H,1,12-17H2/p+1. The number of nitrogens with one attached hydrogen (secondary N) is 1. The van der Waals surface area contributed by atoms with Crippen LogP contribution >= 0.6 is 23.1 Å². The van der Waals surface area contributed by atoms with Crippen molar-refractivity contribution in [2.75, 3.05) is 6.54 Å². The third kappa shape index (κ3) is 4.07. The van der Waals surface area contributed by atoms with Gasteiger partial charge < -0.3 is 4.90 Å². The molecule has 1 aliphatic rings. The molecular weight excluding hydrogens is 493 g/mol. The van der Waals surface area contributed by atoms with Gasteiger partial charge in [-0.1, -0.05) is 66.4 Å². The number of thioether (sulfide) groups is 1. The summed E-state index contributed by atoms with van der Waals surface area (Å²) < 4.78 is 17.9. The maximum Gasteiger partial charge on any atom is 0.264 e. The molecule has 2 aromatic carbocycles. The fourth-order valence-corrected chi connectivity index (χ4v) is 7.31. The van der Waals surface area contributed by atoms with Gasteiger partial charge in [-0.15, -0.1) is 28.1 Å². The van der Waals surface area contributed by atoms with Crippen LogP contribution in [0.15, 0.2) is 77.2 Å². The Labute approximate surface area is 215 Å². The Hall–Kier alpha value is -3.27. The molecule has 0 bridgehead atoms. The highest BCUT2D eigenvalue weighted by Crippen LogP contribution is 2.34. The van der Waals surface area contributed by atoms with Crippen molar-refractivity contribution in [3.63, 3.8) is 0 Å². The molecule has 1 unspecified atom stereocenters. The Morgan fingerprint density at radius 3 is 2.75 bits per heavy atom. The van der Waals surface area contributed by atoms with E-state index in [1.807, 2.05) is 16.5 Å². The Morgan fingerprint density at radius 1 is 1.14 bits per heavy atom. The van der Waals surface area contributed by atoms with Crippen molar-refractivity contribution in [2.45, 2.75) is 37.0 Å². The molecule has 1 N–H and O–H groups in total. The third-order valence-corrected chi connectivity index (χ3v) is 8.85. The monoisotopic (exact) mass is 518 g/mol. The van der Waals surface area contributed by atoms with Crippen LogP contribution in [-0.2, 0) is 31.8 Å². The van der Waals surface area contributed by atoms with E-state index >= 15 is 0 Å². The first-order valence-corrected chi connectivity index (χ1v) is 13.7. The van der Waals surface area contributed by atoms with Crippen LogP contribution in [0.4, 0.5) is 4.39 Å². The SMILES string of the molecule is C=CCn1c(=O)c2c3c(sc2n2c(SCc4ccccc4F)nnc12)C[NH+](Cc1ccccc1)CC3. The zero-order valence-electron chi connectivity index (χ0n) is 19.6. The van der Waals surface area contributed by atoms with Gasteiger partial charge in [0.1, 0.15) is 23.7 Å². The molecule has 4 heterocycles. The van der Waals surface area contributed by atoms with Gasteiger partial charge in [0.25, 0.3) is 5.56 Å². The molecule has 0 fully saturated rings. The molecule has 3 aromatic heterocycles. The fraction of sp³-hybridized carbons (Fsp3) is 0.222. The van der Waals surface area contributed by atoms with Crippen molar-refractivity contribution < 1.29 is 9.29 Å². The summed E-state index contributed by atoms with van der Waals surface area (Å²) in [4.78, 5) is 17.3. The van der Waals surface area contributed by atoms with Gasteiger partial charge in [0.15, 0.2) is 5.16 Å². The van der Waals surface area contributed by atoms with E-state index in [1.54, 1.807) is 34.1 Å². The lowest BCUT2D eigenvalue weighted by atomic mass is 10.0. The number of aromatic nitrogens is 4. The maximum absolute atomic E-state index is 14.2. The van der Waals surface area contributed by atoms with Gasteiger partial charge in [0.2, 0.25) is 5.78 Å². The zero-order valence-corrected chi connectivity index (χ0v) is 21.2. The topological polar surface area (TPSA) is 56.6 Å². The van der Waals surface area contributed by atoms with Crippen LogP contribution in [0.5, 0.6) is 0 Å². The lowest BCUT2D eigenvalue weighted by molar-refractivity contribution is -0.929. The van der Waals surface area contributed by atoms with Crippen molar-refractivity contribution in [3.05, 3.63) is 105 Å². The van der Waals surface area contributed by atoms with Gasteiger partial charge in [0.05, 0.1) is 16.8 Å². The molecule has 6 nitrogen and oxygen atoms in total. The fourth-order valence-electron chi connectivity index (χ4n) is 4.92. The second kappa shape index (κ2) is 9.65. The average Bonchev–Trinajstić information content (AvgIpc) is 3.48.